The molecule has 2 heterocycles. The van der Waals surface area contributed by atoms with Crippen molar-refractivity contribution >= 4 is 23.0 Å². The van der Waals surface area contributed by atoms with Gasteiger partial charge in [-0.3, -0.25) is 0 Å². The summed E-state index contributed by atoms with van der Waals surface area (Å²) in [4.78, 5) is 13.6. The Hall–Kier alpha value is -2.50. The molecule has 6 heteroatoms. The molecule has 3 N–H and O–H groups in total. The lowest BCUT2D eigenvalue weighted by molar-refractivity contribution is 0.462. The van der Waals surface area contributed by atoms with E-state index in [1.54, 1.807) is 6.33 Å². The molecule has 1 aromatic carbocycles. The molecule has 1 aromatic heterocycles. The van der Waals surface area contributed by atoms with Crippen molar-refractivity contribution in [1.29, 1.82) is 0 Å². The second-order valence-corrected chi connectivity index (χ2v) is 7.25. The van der Waals surface area contributed by atoms with E-state index in [0.717, 1.165) is 37.8 Å². The van der Waals surface area contributed by atoms with Gasteiger partial charge in [-0.1, -0.05) is 37.5 Å². The van der Waals surface area contributed by atoms with E-state index < -0.39 is 0 Å². The molecular formula is C20H28N6. The highest BCUT2D eigenvalue weighted by atomic mass is 15.3. The number of para-hydroxylation sites is 1. The fourth-order valence-electron chi connectivity index (χ4n) is 4.01. The SMILES string of the molecule is Nc1c(NC2CCCCC2)ncnc1N1CCN(c2ccccc2)CC1. The number of nitrogens with zero attached hydrogens (tertiary/aromatic N) is 4. The summed E-state index contributed by atoms with van der Waals surface area (Å²) >= 11 is 0. The van der Waals surface area contributed by atoms with Gasteiger partial charge in [0.15, 0.2) is 11.6 Å². The van der Waals surface area contributed by atoms with Crippen LogP contribution in [0.5, 0.6) is 0 Å². The molecule has 0 bridgehead atoms. The van der Waals surface area contributed by atoms with Crippen molar-refractivity contribution in [2.45, 2.75) is 38.1 Å². The monoisotopic (exact) mass is 352 g/mol. The van der Waals surface area contributed by atoms with Crippen LogP contribution in [0, 0.1) is 0 Å². The second kappa shape index (κ2) is 7.81. The van der Waals surface area contributed by atoms with Gasteiger partial charge in [-0.15, -0.1) is 0 Å². The Morgan fingerprint density at radius 1 is 0.885 bits per heavy atom. The number of aromatic nitrogens is 2. The average molecular weight is 352 g/mol. The predicted octanol–water partition coefficient (Wildman–Crippen LogP) is 3.13. The van der Waals surface area contributed by atoms with E-state index in [1.165, 1.54) is 37.8 Å². The summed E-state index contributed by atoms with van der Waals surface area (Å²) in [6.45, 7) is 3.77. The first-order valence-corrected chi connectivity index (χ1v) is 9.73. The number of anilines is 4. The molecule has 26 heavy (non-hydrogen) atoms. The van der Waals surface area contributed by atoms with Crippen LogP contribution in [-0.4, -0.2) is 42.2 Å². The summed E-state index contributed by atoms with van der Waals surface area (Å²) in [5.41, 5.74) is 8.40. The van der Waals surface area contributed by atoms with Crippen molar-refractivity contribution < 1.29 is 0 Å². The molecule has 2 aliphatic rings. The number of benzene rings is 1. The maximum Gasteiger partial charge on any atom is 0.157 e. The molecule has 1 aliphatic carbocycles. The van der Waals surface area contributed by atoms with Gasteiger partial charge < -0.3 is 20.9 Å². The third-order valence-corrected chi connectivity index (χ3v) is 5.51. The van der Waals surface area contributed by atoms with Gasteiger partial charge >= 0.3 is 0 Å². The van der Waals surface area contributed by atoms with E-state index in [4.69, 9.17) is 5.73 Å². The molecule has 0 amide bonds. The van der Waals surface area contributed by atoms with Gasteiger partial charge in [-0.05, 0) is 25.0 Å². The van der Waals surface area contributed by atoms with Gasteiger partial charge in [-0.25, -0.2) is 9.97 Å². The van der Waals surface area contributed by atoms with E-state index in [1.807, 2.05) is 0 Å². The quantitative estimate of drug-likeness (QED) is 0.881. The third-order valence-electron chi connectivity index (χ3n) is 5.51. The Bertz CT molecular complexity index is 705. The van der Waals surface area contributed by atoms with Crippen LogP contribution >= 0.6 is 0 Å². The lowest BCUT2D eigenvalue weighted by atomic mass is 9.95. The summed E-state index contributed by atoms with van der Waals surface area (Å²) in [6, 6.07) is 11.1. The topological polar surface area (TPSA) is 70.3 Å². The zero-order valence-electron chi connectivity index (χ0n) is 15.3. The Labute approximate surface area is 155 Å². The van der Waals surface area contributed by atoms with E-state index in [-0.39, 0.29) is 0 Å². The number of nitrogen functional groups attached to an aromatic ring is 1. The van der Waals surface area contributed by atoms with Crippen LogP contribution in [0.15, 0.2) is 36.7 Å². The average Bonchev–Trinajstić information content (AvgIpc) is 2.71. The molecule has 0 radical (unpaired) electrons. The number of nitrogens with one attached hydrogen (secondary N) is 1. The van der Waals surface area contributed by atoms with E-state index in [9.17, 15) is 0 Å². The van der Waals surface area contributed by atoms with E-state index in [0.29, 0.717) is 11.7 Å². The summed E-state index contributed by atoms with van der Waals surface area (Å²) in [7, 11) is 0. The molecule has 0 spiro atoms. The highest BCUT2D eigenvalue weighted by molar-refractivity contribution is 5.75. The first-order chi connectivity index (χ1) is 12.8. The largest absolute Gasteiger partial charge is 0.393 e. The number of nitrogens with two attached hydrogens (primary N) is 1. The van der Waals surface area contributed by atoms with E-state index in [2.05, 4.69) is 55.4 Å². The Balaban J connectivity index is 1.42. The zero-order valence-corrected chi connectivity index (χ0v) is 15.3. The minimum absolute atomic E-state index is 0.490. The molecule has 2 fully saturated rings. The van der Waals surface area contributed by atoms with Gasteiger partial charge in [0.25, 0.3) is 0 Å². The standard InChI is InChI=1S/C20H28N6/c21-18-19(24-16-7-3-1-4-8-16)22-15-23-20(18)26-13-11-25(12-14-26)17-9-5-2-6-10-17/h2,5-6,9-10,15-16H,1,3-4,7-8,11-14,21H2,(H,22,23,24). The van der Waals surface area contributed by atoms with Crippen molar-refractivity contribution in [3.05, 3.63) is 36.7 Å². The van der Waals surface area contributed by atoms with Crippen molar-refractivity contribution in [3.8, 4) is 0 Å². The summed E-state index contributed by atoms with van der Waals surface area (Å²) in [6.07, 6.45) is 7.96. The van der Waals surface area contributed by atoms with Crippen LogP contribution in [-0.2, 0) is 0 Å². The molecule has 1 saturated carbocycles. The minimum Gasteiger partial charge on any atom is -0.393 e. The molecule has 0 atom stereocenters. The molecule has 2 aromatic rings. The zero-order chi connectivity index (χ0) is 17.8. The van der Waals surface area contributed by atoms with Gasteiger partial charge in [0, 0.05) is 37.9 Å². The molecule has 6 nitrogen and oxygen atoms in total. The van der Waals surface area contributed by atoms with Crippen LogP contribution in [0.2, 0.25) is 0 Å². The normalized spacial score (nSPS) is 18.8. The van der Waals surface area contributed by atoms with Gasteiger partial charge in [0.1, 0.15) is 12.0 Å². The number of piperazine rings is 1. The minimum atomic E-state index is 0.490. The Kier molecular flexibility index (Phi) is 5.09. The smallest absolute Gasteiger partial charge is 0.157 e. The molecule has 138 valence electrons. The maximum absolute atomic E-state index is 6.43. The van der Waals surface area contributed by atoms with Gasteiger partial charge in [0.2, 0.25) is 0 Å². The summed E-state index contributed by atoms with van der Waals surface area (Å²) in [5, 5.41) is 3.55. The fraction of sp³-hybridized carbons (Fsp3) is 0.500. The van der Waals surface area contributed by atoms with Crippen LogP contribution < -0.4 is 20.9 Å². The number of hydrogen-bond acceptors (Lipinski definition) is 6. The second-order valence-electron chi connectivity index (χ2n) is 7.25. The third kappa shape index (κ3) is 3.69. The first-order valence-electron chi connectivity index (χ1n) is 9.73. The maximum atomic E-state index is 6.43. The molecule has 1 aliphatic heterocycles. The van der Waals surface area contributed by atoms with Gasteiger partial charge in [-0.2, -0.15) is 0 Å². The first kappa shape index (κ1) is 16.9. The lowest BCUT2D eigenvalue weighted by Gasteiger charge is -2.37. The van der Waals surface area contributed by atoms with Crippen LogP contribution in [0.25, 0.3) is 0 Å². The predicted molar refractivity (Wildman–Crippen MR) is 108 cm³/mol. The van der Waals surface area contributed by atoms with Crippen molar-refractivity contribution in [3.63, 3.8) is 0 Å². The molecule has 1 saturated heterocycles. The number of hydrogen-bond donors (Lipinski definition) is 2. The van der Waals surface area contributed by atoms with Crippen molar-refractivity contribution in [2.75, 3.05) is 47.0 Å². The van der Waals surface area contributed by atoms with Crippen molar-refractivity contribution in [1.82, 2.24) is 9.97 Å². The molecular weight excluding hydrogens is 324 g/mol. The lowest BCUT2D eigenvalue weighted by Crippen LogP contribution is -2.47. The Morgan fingerprint density at radius 3 is 2.31 bits per heavy atom. The van der Waals surface area contributed by atoms with Crippen LogP contribution in [0.4, 0.5) is 23.0 Å². The van der Waals surface area contributed by atoms with Crippen LogP contribution in [0.1, 0.15) is 32.1 Å². The Morgan fingerprint density at radius 2 is 1.58 bits per heavy atom. The van der Waals surface area contributed by atoms with Crippen molar-refractivity contribution in [2.24, 2.45) is 0 Å². The fourth-order valence-corrected chi connectivity index (χ4v) is 4.01. The molecule has 4 rings (SSSR count). The van der Waals surface area contributed by atoms with Gasteiger partial charge in [0.05, 0.1) is 0 Å². The number of rotatable bonds is 4. The summed E-state index contributed by atoms with van der Waals surface area (Å²) in [5.74, 6) is 1.67. The highest BCUT2D eigenvalue weighted by Crippen LogP contribution is 2.30. The highest BCUT2D eigenvalue weighted by Gasteiger charge is 2.22. The van der Waals surface area contributed by atoms with Crippen LogP contribution in [0.3, 0.4) is 0 Å². The van der Waals surface area contributed by atoms with E-state index >= 15 is 0 Å². The summed E-state index contributed by atoms with van der Waals surface area (Å²) < 4.78 is 0. The molecule has 0 unspecified atom stereocenters.